The quantitative estimate of drug-likeness (QED) is 0.687. The van der Waals surface area contributed by atoms with E-state index in [1.165, 1.54) is 16.0 Å². The van der Waals surface area contributed by atoms with E-state index in [2.05, 4.69) is 43.4 Å². The van der Waals surface area contributed by atoms with Crippen LogP contribution in [0, 0.1) is 5.92 Å². The van der Waals surface area contributed by atoms with E-state index in [-0.39, 0.29) is 17.8 Å². The lowest BCUT2D eigenvalue weighted by Crippen LogP contribution is -3.14. The molecule has 0 saturated carbocycles. The Kier molecular flexibility index (Phi) is 8.10. The number of hydrogen-bond acceptors (Lipinski definition) is 3. The number of ether oxygens (including phenoxy) is 1. The highest BCUT2D eigenvalue weighted by molar-refractivity contribution is 5.77. The Morgan fingerprint density at radius 3 is 2.65 bits per heavy atom. The highest BCUT2D eigenvalue weighted by Crippen LogP contribution is 2.14. The molecule has 5 heteroatoms. The number of quaternary nitrogens is 1. The van der Waals surface area contributed by atoms with Crippen LogP contribution in [-0.4, -0.2) is 44.7 Å². The zero-order valence-electron chi connectivity index (χ0n) is 16.3. The molecule has 0 radical (unpaired) electrons. The van der Waals surface area contributed by atoms with Crippen LogP contribution in [0.5, 0.6) is 0 Å². The van der Waals surface area contributed by atoms with Crippen molar-refractivity contribution in [3.63, 3.8) is 0 Å². The lowest BCUT2D eigenvalue weighted by atomic mass is 9.98. The number of nitrogens with one attached hydrogen (secondary N) is 2. The first-order valence-corrected chi connectivity index (χ1v) is 9.85. The highest BCUT2D eigenvalue weighted by atomic mass is 16.5. The molecule has 1 unspecified atom stereocenters. The Morgan fingerprint density at radius 2 is 2.00 bits per heavy atom. The topological polar surface area (TPSA) is 59.8 Å². The lowest BCUT2D eigenvalue weighted by molar-refractivity contribution is -0.899. The third-order valence-electron chi connectivity index (χ3n) is 5.03. The van der Waals surface area contributed by atoms with Gasteiger partial charge in [-0.25, -0.2) is 0 Å². The van der Waals surface area contributed by atoms with E-state index in [4.69, 9.17) is 4.74 Å². The molecule has 1 aromatic carbocycles. The molecular weight excluding hydrogens is 328 g/mol. The zero-order chi connectivity index (χ0) is 18.9. The summed E-state index contributed by atoms with van der Waals surface area (Å²) in [4.78, 5) is 25.3. The summed E-state index contributed by atoms with van der Waals surface area (Å²) in [5, 5.41) is 3.01. The van der Waals surface area contributed by atoms with Crippen LogP contribution >= 0.6 is 0 Å². The second kappa shape index (κ2) is 10.3. The normalized spacial score (nSPS) is 20.0. The van der Waals surface area contributed by atoms with Crippen molar-refractivity contribution in [3.8, 4) is 0 Å². The van der Waals surface area contributed by atoms with E-state index in [1.807, 2.05) is 6.92 Å². The standard InChI is InChI=1S/C21H32N2O3/c1-4-26-21(25)19-6-5-13-23(14-19)15-20(24)22-12-11-17-7-9-18(10-8-17)16(2)3/h7-10,16,19H,4-6,11-15H2,1-3H3,(H,22,24)/p+1/t19-/m0/s1. The van der Waals surface area contributed by atoms with Gasteiger partial charge in [-0.15, -0.1) is 0 Å². The van der Waals surface area contributed by atoms with Gasteiger partial charge in [0.15, 0.2) is 6.54 Å². The van der Waals surface area contributed by atoms with Gasteiger partial charge in [0, 0.05) is 6.54 Å². The second-order valence-corrected chi connectivity index (χ2v) is 7.47. The predicted octanol–water partition coefficient (Wildman–Crippen LogP) is 1.33. The van der Waals surface area contributed by atoms with E-state index in [9.17, 15) is 9.59 Å². The molecule has 144 valence electrons. The molecule has 1 aliphatic heterocycles. The lowest BCUT2D eigenvalue weighted by Gasteiger charge is -2.28. The maximum absolute atomic E-state index is 12.2. The van der Waals surface area contributed by atoms with Crippen molar-refractivity contribution in [2.45, 2.75) is 46.0 Å². The molecule has 2 atom stereocenters. The molecule has 0 aromatic heterocycles. The summed E-state index contributed by atoms with van der Waals surface area (Å²) >= 11 is 0. The predicted molar refractivity (Wildman–Crippen MR) is 102 cm³/mol. The van der Waals surface area contributed by atoms with E-state index in [0.29, 0.717) is 32.2 Å². The van der Waals surface area contributed by atoms with Crippen molar-refractivity contribution in [1.29, 1.82) is 0 Å². The van der Waals surface area contributed by atoms with Gasteiger partial charge in [-0.3, -0.25) is 9.59 Å². The number of amides is 1. The molecule has 1 fully saturated rings. The van der Waals surface area contributed by atoms with Gasteiger partial charge in [0.25, 0.3) is 5.91 Å². The van der Waals surface area contributed by atoms with Crippen LogP contribution in [0.2, 0.25) is 0 Å². The largest absolute Gasteiger partial charge is 0.466 e. The van der Waals surface area contributed by atoms with Crippen molar-refractivity contribution in [1.82, 2.24) is 5.32 Å². The van der Waals surface area contributed by atoms with Crippen LogP contribution in [0.15, 0.2) is 24.3 Å². The summed E-state index contributed by atoms with van der Waals surface area (Å²) in [6, 6.07) is 8.60. The van der Waals surface area contributed by atoms with Crippen LogP contribution < -0.4 is 10.2 Å². The first kappa shape index (κ1) is 20.4. The van der Waals surface area contributed by atoms with Gasteiger partial charge in [0.1, 0.15) is 5.92 Å². The molecule has 5 nitrogen and oxygen atoms in total. The smallest absolute Gasteiger partial charge is 0.314 e. The molecule has 2 N–H and O–H groups in total. The zero-order valence-corrected chi connectivity index (χ0v) is 16.3. The maximum atomic E-state index is 12.2. The van der Waals surface area contributed by atoms with Gasteiger partial charge in [0.2, 0.25) is 0 Å². The second-order valence-electron chi connectivity index (χ2n) is 7.47. The summed E-state index contributed by atoms with van der Waals surface area (Å²) in [6.45, 7) is 9.34. The first-order chi connectivity index (χ1) is 12.5. The van der Waals surface area contributed by atoms with Gasteiger partial charge < -0.3 is 15.0 Å². The fourth-order valence-corrected chi connectivity index (χ4v) is 3.48. The average Bonchev–Trinajstić information content (AvgIpc) is 2.62. The van der Waals surface area contributed by atoms with E-state index in [1.54, 1.807) is 0 Å². The number of carbonyl (C=O) groups is 2. The van der Waals surface area contributed by atoms with Gasteiger partial charge in [-0.2, -0.15) is 0 Å². The summed E-state index contributed by atoms with van der Waals surface area (Å²) in [6.07, 6.45) is 2.68. The van der Waals surface area contributed by atoms with Gasteiger partial charge in [-0.1, -0.05) is 38.1 Å². The SMILES string of the molecule is CCOC(=O)[C@H]1CCC[NH+](CC(=O)NCCc2ccc(C(C)C)cc2)C1. The Hall–Kier alpha value is -1.88. The number of carbonyl (C=O) groups excluding carboxylic acids is 2. The van der Waals surface area contributed by atoms with E-state index < -0.39 is 0 Å². The molecule has 1 aliphatic rings. The molecular formula is C21H33N2O3+. The third kappa shape index (κ3) is 6.45. The number of hydrogen-bond donors (Lipinski definition) is 2. The van der Waals surface area contributed by atoms with Crippen LogP contribution in [0.3, 0.4) is 0 Å². The minimum Gasteiger partial charge on any atom is -0.466 e. The van der Waals surface area contributed by atoms with Crippen molar-refractivity contribution in [2.24, 2.45) is 5.92 Å². The van der Waals surface area contributed by atoms with Gasteiger partial charge in [-0.05, 0) is 43.2 Å². The monoisotopic (exact) mass is 361 g/mol. The molecule has 1 aromatic rings. The molecule has 1 heterocycles. The van der Waals surface area contributed by atoms with Crippen LogP contribution in [-0.2, 0) is 20.7 Å². The van der Waals surface area contributed by atoms with Crippen molar-refractivity contribution in [2.75, 3.05) is 32.8 Å². The maximum Gasteiger partial charge on any atom is 0.314 e. The summed E-state index contributed by atoms with van der Waals surface area (Å²) in [7, 11) is 0. The minimum absolute atomic E-state index is 0.0586. The molecule has 0 aliphatic carbocycles. The molecule has 2 rings (SSSR count). The first-order valence-electron chi connectivity index (χ1n) is 9.85. The van der Waals surface area contributed by atoms with Gasteiger partial charge in [0.05, 0.1) is 19.7 Å². The fourth-order valence-electron chi connectivity index (χ4n) is 3.48. The van der Waals surface area contributed by atoms with Crippen molar-refractivity contribution < 1.29 is 19.2 Å². The van der Waals surface area contributed by atoms with Crippen LogP contribution in [0.25, 0.3) is 0 Å². The van der Waals surface area contributed by atoms with Crippen LogP contribution in [0.4, 0.5) is 0 Å². The summed E-state index contributed by atoms with van der Waals surface area (Å²) in [5.41, 5.74) is 2.57. The Balaban J connectivity index is 1.70. The summed E-state index contributed by atoms with van der Waals surface area (Å²) in [5.74, 6) is 0.416. The van der Waals surface area contributed by atoms with E-state index in [0.717, 1.165) is 25.8 Å². The minimum atomic E-state index is -0.116. The highest BCUT2D eigenvalue weighted by Gasteiger charge is 2.30. The number of piperidine rings is 1. The number of benzene rings is 1. The van der Waals surface area contributed by atoms with Crippen molar-refractivity contribution in [3.05, 3.63) is 35.4 Å². The van der Waals surface area contributed by atoms with Crippen LogP contribution in [0.1, 0.15) is 50.7 Å². The molecule has 1 saturated heterocycles. The number of rotatable bonds is 8. The molecule has 0 spiro atoms. The van der Waals surface area contributed by atoms with Crippen molar-refractivity contribution >= 4 is 11.9 Å². The van der Waals surface area contributed by atoms with E-state index >= 15 is 0 Å². The fraction of sp³-hybridized carbons (Fsp3) is 0.619. The summed E-state index contributed by atoms with van der Waals surface area (Å²) < 4.78 is 5.12. The Bertz CT molecular complexity index is 583. The average molecular weight is 362 g/mol. The number of likely N-dealkylation sites (tertiary alicyclic amines) is 1. The van der Waals surface area contributed by atoms with Gasteiger partial charge >= 0.3 is 5.97 Å². The molecule has 1 amide bonds. The third-order valence-corrected chi connectivity index (χ3v) is 5.03. The molecule has 0 bridgehead atoms. The number of esters is 1. The Labute approximate surface area is 157 Å². The Morgan fingerprint density at radius 1 is 1.27 bits per heavy atom. The molecule has 26 heavy (non-hydrogen) atoms.